The molecule has 0 saturated heterocycles. The van der Waals surface area contributed by atoms with Crippen LogP contribution in [0.1, 0.15) is 0 Å². The molecule has 0 aliphatic carbocycles. The van der Waals surface area contributed by atoms with Gasteiger partial charge in [-0.1, -0.05) is 11.6 Å². The van der Waals surface area contributed by atoms with E-state index in [1.54, 1.807) is 12.1 Å². The summed E-state index contributed by atoms with van der Waals surface area (Å²) in [5.74, 6) is 0. The molecule has 2 rings (SSSR count). The van der Waals surface area contributed by atoms with Gasteiger partial charge in [-0.25, -0.2) is 0 Å². The lowest BCUT2D eigenvalue weighted by Gasteiger charge is -2.10. The first kappa shape index (κ1) is 12.1. The van der Waals surface area contributed by atoms with Crippen molar-refractivity contribution < 1.29 is 0 Å². The number of hydrogen-bond donors (Lipinski definition) is 3. The van der Waals surface area contributed by atoms with Crippen molar-refractivity contribution in [3.05, 3.63) is 45.9 Å². The molecule has 0 atom stereocenters. The standard InChI is InChI=1S/C12H11BrClN3/c13-9-5-7(14)1-4-12(9)17-8-2-3-10(15)11(16)6-8/h1-6,17H,15-16H2. The fraction of sp³-hybridized carbons (Fsp3) is 0. The van der Waals surface area contributed by atoms with Crippen molar-refractivity contribution in [1.82, 2.24) is 0 Å². The van der Waals surface area contributed by atoms with Gasteiger partial charge in [0.15, 0.2) is 0 Å². The second kappa shape index (κ2) is 4.85. The Morgan fingerprint density at radius 2 is 1.76 bits per heavy atom. The molecule has 0 aliphatic rings. The van der Waals surface area contributed by atoms with Crippen molar-refractivity contribution in [3.8, 4) is 0 Å². The predicted molar refractivity (Wildman–Crippen MR) is 77.7 cm³/mol. The Hall–Kier alpha value is -1.39. The second-order valence-corrected chi connectivity index (χ2v) is 4.88. The SMILES string of the molecule is Nc1ccc(Nc2ccc(Cl)cc2Br)cc1N. The van der Waals surface area contributed by atoms with E-state index in [1.165, 1.54) is 0 Å². The van der Waals surface area contributed by atoms with Crippen molar-refractivity contribution in [1.29, 1.82) is 0 Å². The third-order valence-corrected chi connectivity index (χ3v) is 3.19. The van der Waals surface area contributed by atoms with E-state index in [2.05, 4.69) is 21.2 Å². The van der Waals surface area contributed by atoms with Gasteiger partial charge in [0.1, 0.15) is 0 Å². The summed E-state index contributed by atoms with van der Waals surface area (Å²) >= 11 is 9.31. The summed E-state index contributed by atoms with van der Waals surface area (Å²) in [4.78, 5) is 0. The fourth-order valence-electron chi connectivity index (χ4n) is 1.40. The summed E-state index contributed by atoms with van der Waals surface area (Å²) < 4.78 is 0.889. The largest absolute Gasteiger partial charge is 0.397 e. The van der Waals surface area contributed by atoms with Gasteiger partial charge in [0.05, 0.1) is 17.1 Å². The Bertz CT molecular complexity index is 557. The van der Waals surface area contributed by atoms with E-state index in [4.69, 9.17) is 23.1 Å². The summed E-state index contributed by atoms with van der Waals surface area (Å²) in [6, 6.07) is 10.9. The van der Waals surface area contributed by atoms with Crippen molar-refractivity contribution in [2.75, 3.05) is 16.8 Å². The van der Waals surface area contributed by atoms with Crippen LogP contribution in [0, 0.1) is 0 Å². The summed E-state index contributed by atoms with van der Waals surface area (Å²) in [6.07, 6.45) is 0. The normalized spacial score (nSPS) is 10.2. The molecule has 2 aromatic rings. The summed E-state index contributed by atoms with van der Waals surface area (Å²) in [7, 11) is 0. The Kier molecular flexibility index (Phi) is 3.45. The zero-order valence-corrected chi connectivity index (χ0v) is 11.2. The minimum absolute atomic E-state index is 0.556. The van der Waals surface area contributed by atoms with Gasteiger partial charge in [-0.05, 0) is 52.3 Å². The molecule has 0 heterocycles. The molecule has 0 aliphatic heterocycles. The minimum atomic E-state index is 0.556. The maximum atomic E-state index is 5.87. The Morgan fingerprint density at radius 1 is 1.00 bits per heavy atom. The van der Waals surface area contributed by atoms with E-state index in [1.807, 2.05) is 24.3 Å². The lowest BCUT2D eigenvalue weighted by Crippen LogP contribution is -1.97. The molecule has 0 unspecified atom stereocenters. The number of nitrogens with two attached hydrogens (primary N) is 2. The van der Waals surface area contributed by atoms with Gasteiger partial charge in [0.25, 0.3) is 0 Å². The Labute approximate surface area is 113 Å². The zero-order chi connectivity index (χ0) is 12.4. The number of hydrogen-bond acceptors (Lipinski definition) is 3. The molecule has 0 saturated carbocycles. The number of nitrogen functional groups attached to an aromatic ring is 2. The molecule has 0 amide bonds. The van der Waals surface area contributed by atoms with Crippen LogP contribution in [0.25, 0.3) is 0 Å². The molecule has 3 nitrogen and oxygen atoms in total. The fourth-order valence-corrected chi connectivity index (χ4v) is 2.18. The number of halogens is 2. The predicted octanol–water partition coefficient (Wildman–Crippen LogP) is 4.01. The van der Waals surface area contributed by atoms with Crippen molar-refractivity contribution in [2.24, 2.45) is 0 Å². The van der Waals surface area contributed by atoms with Crippen LogP contribution in [0.15, 0.2) is 40.9 Å². The van der Waals surface area contributed by atoms with Crippen LogP contribution >= 0.6 is 27.5 Å². The highest BCUT2D eigenvalue weighted by molar-refractivity contribution is 9.10. The van der Waals surface area contributed by atoms with Crippen molar-refractivity contribution in [2.45, 2.75) is 0 Å². The Balaban J connectivity index is 2.28. The number of rotatable bonds is 2. The topological polar surface area (TPSA) is 64.1 Å². The van der Waals surface area contributed by atoms with E-state index in [9.17, 15) is 0 Å². The molecular formula is C12H11BrClN3. The summed E-state index contributed by atoms with van der Waals surface area (Å²) in [5.41, 5.74) is 14.3. The molecule has 5 heteroatoms. The maximum Gasteiger partial charge on any atom is 0.0568 e. The van der Waals surface area contributed by atoms with Crippen LogP contribution < -0.4 is 16.8 Å². The zero-order valence-electron chi connectivity index (χ0n) is 8.87. The van der Waals surface area contributed by atoms with E-state index in [0.717, 1.165) is 15.8 Å². The third-order valence-electron chi connectivity index (χ3n) is 2.30. The average molecular weight is 313 g/mol. The number of nitrogens with one attached hydrogen (secondary N) is 1. The van der Waals surface area contributed by atoms with Gasteiger partial charge in [-0.2, -0.15) is 0 Å². The first-order valence-electron chi connectivity index (χ1n) is 4.93. The maximum absolute atomic E-state index is 5.87. The van der Waals surface area contributed by atoms with Crippen molar-refractivity contribution in [3.63, 3.8) is 0 Å². The lowest BCUT2D eigenvalue weighted by molar-refractivity contribution is 1.52. The molecule has 0 fully saturated rings. The molecule has 0 aromatic heterocycles. The van der Waals surface area contributed by atoms with Crippen LogP contribution in [0.3, 0.4) is 0 Å². The number of anilines is 4. The molecule has 0 bridgehead atoms. The van der Waals surface area contributed by atoms with E-state index in [-0.39, 0.29) is 0 Å². The first-order valence-corrected chi connectivity index (χ1v) is 6.10. The average Bonchev–Trinajstić information content (AvgIpc) is 2.27. The van der Waals surface area contributed by atoms with Gasteiger partial charge >= 0.3 is 0 Å². The van der Waals surface area contributed by atoms with Gasteiger partial charge in [0, 0.05) is 15.2 Å². The van der Waals surface area contributed by atoms with Crippen LogP contribution in [0.4, 0.5) is 22.7 Å². The van der Waals surface area contributed by atoms with E-state index >= 15 is 0 Å². The lowest BCUT2D eigenvalue weighted by atomic mass is 10.2. The van der Waals surface area contributed by atoms with Gasteiger partial charge in [0.2, 0.25) is 0 Å². The van der Waals surface area contributed by atoms with Crippen LogP contribution in [0.2, 0.25) is 5.02 Å². The van der Waals surface area contributed by atoms with Crippen molar-refractivity contribution >= 4 is 50.3 Å². The van der Waals surface area contributed by atoms with Crippen LogP contribution in [-0.2, 0) is 0 Å². The first-order chi connectivity index (χ1) is 8.06. The van der Waals surface area contributed by atoms with Gasteiger partial charge < -0.3 is 16.8 Å². The molecule has 5 N–H and O–H groups in total. The highest BCUT2D eigenvalue weighted by Gasteiger charge is 2.02. The van der Waals surface area contributed by atoms with E-state index < -0.39 is 0 Å². The second-order valence-electron chi connectivity index (χ2n) is 3.59. The van der Waals surface area contributed by atoms with Gasteiger partial charge in [-0.15, -0.1) is 0 Å². The summed E-state index contributed by atoms with van der Waals surface area (Å²) in [6.45, 7) is 0. The molecule has 17 heavy (non-hydrogen) atoms. The molecule has 88 valence electrons. The molecule has 0 radical (unpaired) electrons. The van der Waals surface area contributed by atoms with Crippen LogP contribution in [0.5, 0.6) is 0 Å². The Morgan fingerprint density at radius 3 is 2.41 bits per heavy atom. The van der Waals surface area contributed by atoms with Crippen LogP contribution in [-0.4, -0.2) is 0 Å². The quantitative estimate of drug-likeness (QED) is 0.734. The van der Waals surface area contributed by atoms with E-state index in [0.29, 0.717) is 16.4 Å². The van der Waals surface area contributed by atoms with Gasteiger partial charge in [-0.3, -0.25) is 0 Å². The smallest absolute Gasteiger partial charge is 0.0568 e. The highest BCUT2D eigenvalue weighted by Crippen LogP contribution is 2.30. The number of benzene rings is 2. The molecular weight excluding hydrogens is 302 g/mol. The highest BCUT2D eigenvalue weighted by atomic mass is 79.9. The minimum Gasteiger partial charge on any atom is -0.397 e. The molecule has 2 aromatic carbocycles. The molecule has 0 spiro atoms. The third kappa shape index (κ3) is 2.84. The summed E-state index contributed by atoms with van der Waals surface area (Å²) in [5, 5.41) is 3.91. The monoisotopic (exact) mass is 311 g/mol.